The van der Waals surface area contributed by atoms with Crippen molar-refractivity contribution in [2.45, 2.75) is 46.1 Å². The molecule has 112 valence electrons. The number of unbranched alkanes of at least 4 members (excludes halogenated alkanes) is 1. The van der Waals surface area contributed by atoms with Crippen LogP contribution in [-0.4, -0.2) is 11.5 Å². The van der Waals surface area contributed by atoms with E-state index in [4.69, 9.17) is 11.6 Å². The lowest BCUT2D eigenvalue weighted by molar-refractivity contribution is -0.384. The average Bonchev–Trinajstić information content (AvgIpc) is 2.43. The maximum atomic E-state index is 10.6. The third kappa shape index (κ3) is 5.47. The molecule has 0 saturated heterocycles. The number of hydrogen-bond acceptors (Lipinski definition) is 3. The smallest absolute Gasteiger partial charge is 0.270 e. The molecule has 1 aromatic rings. The maximum absolute atomic E-state index is 10.6. The minimum atomic E-state index is -0.430. The molecule has 4 nitrogen and oxygen atoms in total. The number of nitro groups is 1. The average molecular weight is 299 g/mol. The van der Waals surface area contributed by atoms with Gasteiger partial charge in [-0.05, 0) is 30.5 Å². The summed E-state index contributed by atoms with van der Waals surface area (Å²) in [5, 5.41) is 14.5. The SMILES string of the molecule is CCCCC(CC)CNCc1ccc([N+](=O)[O-])cc1Cl. The first-order valence-corrected chi connectivity index (χ1v) is 7.59. The Morgan fingerprint density at radius 1 is 1.40 bits per heavy atom. The molecule has 0 bridgehead atoms. The van der Waals surface area contributed by atoms with E-state index in [-0.39, 0.29) is 5.69 Å². The highest BCUT2D eigenvalue weighted by molar-refractivity contribution is 6.31. The molecule has 1 rings (SSSR count). The molecule has 1 atom stereocenters. The van der Waals surface area contributed by atoms with Crippen LogP contribution in [0, 0.1) is 16.0 Å². The first-order valence-electron chi connectivity index (χ1n) is 7.22. The summed E-state index contributed by atoms with van der Waals surface area (Å²) in [6, 6.07) is 4.63. The fourth-order valence-electron chi connectivity index (χ4n) is 2.15. The third-order valence-electron chi connectivity index (χ3n) is 3.54. The minimum Gasteiger partial charge on any atom is -0.312 e. The lowest BCUT2D eigenvalue weighted by Gasteiger charge is -2.15. The van der Waals surface area contributed by atoms with Crippen molar-refractivity contribution in [3.63, 3.8) is 0 Å². The van der Waals surface area contributed by atoms with Crippen LogP contribution in [0.15, 0.2) is 18.2 Å². The van der Waals surface area contributed by atoms with Crippen molar-refractivity contribution in [1.29, 1.82) is 0 Å². The second kappa shape index (κ2) is 8.93. The van der Waals surface area contributed by atoms with Crippen molar-refractivity contribution in [3.05, 3.63) is 38.9 Å². The molecular weight excluding hydrogens is 276 g/mol. The second-order valence-electron chi connectivity index (χ2n) is 5.08. The summed E-state index contributed by atoms with van der Waals surface area (Å²) in [6.45, 7) is 6.03. The van der Waals surface area contributed by atoms with Gasteiger partial charge in [0.1, 0.15) is 0 Å². The number of nitrogens with zero attached hydrogens (tertiary/aromatic N) is 1. The van der Waals surface area contributed by atoms with Crippen molar-refractivity contribution in [2.24, 2.45) is 5.92 Å². The van der Waals surface area contributed by atoms with E-state index >= 15 is 0 Å². The zero-order chi connectivity index (χ0) is 15.0. The first kappa shape index (κ1) is 16.9. The Morgan fingerprint density at radius 3 is 2.70 bits per heavy atom. The normalized spacial score (nSPS) is 12.3. The molecule has 1 unspecified atom stereocenters. The van der Waals surface area contributed by atoms with Gasteiger partial charge in [-0.2, -0.15) is 0 Å². The van der Waals surface area contributed by atoms with Crippen molar-refractivity contribution >= 4 is 17.3 Å². The Kier molecular flexibility index (Phi) is 7.55. The van der Waals surface area contributed by atoms with Gasteiger partial charge in [0.25, 0.3) is 5.69 Å². The highest BCUT2D eigenvalue weighted by atomic mass is 35.5. The van der Waals surface area contributed by atoms with Crippen LogP contribution in [0.25, 0.3) is 0 Å². The van der Waals surface area contributed by atoms with Crippen LogP contribution in [0.5, 0.6) is 0 Å². The van der Waals surface area contributed by atoms with Crippen LogP contribution in [0.1, 0.15) is 45.1 Å². The summed E-state index contributed by atoms with van der Waals surface area (Å²) in [5.74, 6) is 0.687. The largest absolute Gasteiger partial charge is 0.312 e. The molecular formula is C15H23ClN2O2. The molecule has 1 aromatic carbocycles. The standard InChI is InChI=1S/C15H23ClN2O2/c1-3-5-6-12(4-2)10-17-11-13-7-8-14(18(19)20)9-15(13)16/h7-9,12,17H,3-6,10-11H2,1-2H3. The summed E-state index contributed by atoms with van der Waals surface area (Å²) in [5.41, 5.74) is 0.941. The van der Waals surface area contributed by atoms with Gasteiger partial charge in [-0.15, -0.1) is 0 Å². The van der Waals surface area contributed by atoms with Crippen LogP contribution < -0.4 is 5.32 Å². The molecule has 0 spiro atoms. The number of nitrogens with one attached hydrogen (secondary N) is 1. The van der Waals surface area contributed by atoms with Crippen molar-refractivity contribution in [3.8, 4) is 0 Å². The van der Waals surface area contributed by atoms with Gasteiger partial charge in [-0.1, -0.05) is 44.7 Å². The van der Waals surface area contributed by atoms with Crippen molar-refractivity contribution in [1.82, 2.24) is 5.32 Å². The fourth-order valence-corrected chi connectivity index (χ4v) is 2.39. The molecule has 20 heavy (non-hydrogen) atoms. The van der Waals surface area contributed by atoms with E-state index in [0.717, 1.165) is 12.1 Å². The van der Waals surface area contributed by atoms with Crippen LogP contribution in [0.3, 0.4) is 0 Å². The van der Waals surface area contributed by atoms with Crippen LogP contribution in [0.4, 0.5) is 5.69 Å². The maximum Gasteiger partial charge on any atom is 0.270 e. The van der Waals surface area contributed by atoms with Gasteiger partial charge in [0.2, 0.25) is 0 Å². The van der Waals surface area contributed by atoms with Crippen LogP contribution >= 0.6 is 11.6 Å². The number of non-ortho nitro benzene ring substituents is 1. The molecule has 0 aliphatic heterocycles. The second-order valence-corrected chi connectivity index (χ2v) is 5.49. The summed E-state index contributed by atoms with van der Waals surface area (Å²) in [7, 11) is 0. The van der Waals surface area contributed by atoms with E-state index in [2.05, 4.69) is 19.2 Å². The molecule has 0 aliphatic carbocycles. The molecule has 0 heterocycles. The predicted molar refractivity (Wildman–Crippen MR) is 83.1 cm³/mol. The van der Waals surface area contributed by atoms with E-state index < -0.39 is 4.92 Å². The van der Waals surface area contributed by atoms with Gasteiger partial charge < -0.3 is 5.32 Å². The van der Waals surface area contributed by atoms with E-state index in [0.29, 0.717) is 17.5 Å². The Morgan fingerprint density at radius 2 is 2.15 bits per heavy atom. The van der Waals surface area contributed by atoms with Gasteiger partial charge in [0, 0.05) is 18.7 Å². The van der Waals surface area contributed by atoms with E-state index in [1.807, 2.05) is 0 Å². The summed E-state index contributed by atoms with van der Waals surface area (Å²) in [6.07, 6.45) is 4.90. The van der Waals surface area contributed by atoms with Gasteiger partial charge in [-0.3, -0.25) is 10.1 Å². The quantitative estimate of drug-likeness (QED) is 0.537. The lowest BCUT2D eigenvalue weighted by Crippen LogP contribution is -2.22. The topological polar surface area (TPSA) is 55.2 Å². The summed E-state index contributed by atoms with van der Waals surface area (Å²) >= 11 is 6.06. The van der Waals surface area contributed by atoms with Crippen molar-refractivity contribution < 1.29 is 4.92 Å². The molecule has 0 amide bonds. The molecule has 5 heteroatoms. The molecule has 0 aromatic heterocycles. The van der Waals surface area contributed by atoms with E-state index in [1.54, 1.807) is 6.07 Å². The van der Waals surface area contributed by atoms with Gasteiger partial charge in [0.15, 0.2) is 0 Å². The monoisotopic (exact) mass is 298 g/mol. The lowest BCUT2D eigenvalue weighted by atomic mass is 9.99. The number of halogens is 1. The zero-order valence-corrected chi connectivity index (χ0v) is 12.9. The Hall–Kier alpha value is -1.13. The van der Waals surface area contributed by atoms with E-state index in [9.17, 15) is 10.1 Å². The molecule has 1 N–H and O–H groups in total. The van der Waals surface area contributed by atoms with E-state index in [1.165, 1.54) is 37.8 Å². The van der Waals surface area contributed by atoms with Gasteiger partial charge >= 0.3 is 0 Å². The molecule has 0 aliphatic rings. The van der Waals surface area contributed by atoms with Gasteiger partial charge in [-0.25, -0.2) is 0 Å². The predicted octanol–water partition coefficient (Wildman–Crippen LogP) is 4.55. The third-order valence-corrected chi connectivity index (χ3v) is 3.89. The first-order chi connectivity index (χ1) is 9.58. The molecule has 0 fully saturated rings. The molecule has 0 saturated carbocycles. The summed E-state index contributed by atoms with van der Waals surface area (Å²) < 4.78 is 0. The fraction of sp³-hybridized carbons (Fsp3) is 0.600. The minimum absolute atomic E-state index is 0.0353. The molecule has 0 radical (unpaired) electrons. The number of nitro benzene ring substituents is 1. The van der Waals surface area contributed by atoms with Gasteiger partial charge in [0.05, 0.1) is 9.95 Å². The number of benzene rings is 1. The van der Waals surface area contributed by atoms with Crippen LogP contribution in [0.2, 0.25) is 5.02 Å². The Labute approximate surface area is 125 Å². The number of rotatable bonds is 9. The Bertz CT molecular complexity index is 438. The highest BCUT2D eigenvalue weighted by Gasteiger charge is 2.10. The van der Waals surface area contributed by atoms with Crippen molar-refractivity contribution in [2.75, 3.05) is 6.54 Å². The number of hydrogen-bond donors (Lipinski definition) is 1. The van der Waals surface area contributed by atoms with Crippen LogP contribution in [-0.2, 0) is 6.54 Å². The zero-order valence-electron chi connectivity index (χ0n) is 12.2. The Balaban J connectivity index is 2.47. The summed E-state index contributed by atoms with van der Waals surface area (Å²) in [4.78, 5) is 10.2. The highest BCUT2D eigenvalue weighted by Crippen LogP contribution is 2.22.